The summed E-state index contributed by atoms with van der Waals surface area (Å²) >= 11 is 1.70. The third-order valence-corrected chi connectivity index (χ3v) is 4.43. The smallest absolute Gasteiger partial charge is 0.0930 e. The summed E-state index contributed by atoms with van der Waals surface area (Å²) in [5.41, 5.74) is 0.0512. The molecule has 1 nitrogen and oxygen atoms in total. The molecule has 0 amide bonds. The quantitative estimate of drug-likeness (QED) is 0.785. The molecule has 0 saturated carbocycles. The molecule has 0 spiro atoms. The summed E-state index contributed by atoms with van der Waals surface area (Å²) in [7, 11) is 0. The average molecular weight is 234 g/mol. The lowest BCUT2D eigenvalue weighted by molar-refractivity contribution is -0.0456. The second kappa shape index (κ2) is 3.57. The van der Waals surface area contributed by atoms with E-state index in [1.54, 1.807) is 11.3 Å². The number of benzene rings is 1. The highest BCUT2D eigenvalue weighted by Crippen LogP contribution is 2.42. The van der Waals surface area contributed by atoms with E-state index in [1.807, 2.05) is 19.1 Å². The lowest BCUT2D eigenvalue weighted by Crippen LogP contribution is -2.36. The molecule has 0 bridgehead atoms. The first-order chi connectivity index (χ1) is 7.34. The van der Waals surface area contributed by atoms with Gasteiger partial charge >= 0.3 is 0 Å². The van der Waals surface area contributed by atoms with Crippen molar-refractivity contribution in [3.8, 4) is 0 Å². The molecule has 2 rings (SSSR count). The van der Waals surface area contributed by atoms with Crippen LogP contribution in [-0.4, -0.2) is 5.11 Å². The van der Waals surface area contributed by atoms with Crippen LogP contribution in [0.25, 0.3) is 10.1 Å². The maximum Gasteiger partial charge on any atom is 0.0930 e. The molecule has 1 heterocycles. The van der Waals surface area contributed by atoms with Crippen molar-refractivity contribution < 1.29 is 5.11 Å². The predicted octanol–water partition coefficient (Wildman–Crippen LogP) is 4.15. The van der Waals surface area contributed by atoms with Gasteiger partial charge in [0, 0.05) is 10.3 Å². The molecule has 0 aliphatic heterocycles. The summed E-state index contributed by atoms with van der Waals surface area (Å²) in [4.78, 5) is 0. The van der Waals surface area contributed by atoms with Crippen LogP contribution in [0.1, 0.15) is 33.3 Å². The molecular formula is C14H18OS. The van der Waals surface area contributed by atoms with Gasteiger partial charge in [0.1, 0.15) is 0 Å². The second-order valence-electron chi connectivity index (χ2n) is 5.47. The lowest BCUT2D eigenvalue weighted by Gasteiger charge is -2.37. The second-order valence-corrected chi connectivity index (χ2v) is 6.38. The number of hydrogen-bond acceptors (Lipinski definition) is 2. The SMILES string of the molecule is CC(C)(C)C(C)(O)c1cccc2ccsc12. The van der Waals surface area contributed by atoms with E-state index in [-0.39, 0.29) is 5.41 Å². The Morgan fingerprint density at radius 1 is 1.06 bits per heavy atom. The van der Waals surface area contributed by atoms with Gasteiger partial charge in [-0.15, -0.1) is 11.3 Å². The molecule has 16 heavy (non-hydrogen) atoms. The molecule has 0 aliphatic rings. The van der Waals surface area contributed by atoms with Crippen molar-refractivity contribution in [1.82, 2.24) is 0 Å². The Morgan fingerprint density at radius 3 is 2.38 bits per heavy atom. The summed E-state index contributed by atoms with van der Waals surface area (Å²) in [6.07, 6.45) is 0. The summed E-state index contributed by atoms with van der Waals surface area (Å²) in [6, 6.07) is 8.24. The van der Waals surface area contributed by atoms with E-state index in [1.165, 1.54) is 10.1 Å². The van der Waals surface area contributed by atoms with Gasteiger partial charge in [0.15, 0.2) is 0 Å². The molecule has 0 fully saturated rings. The fourth-order valence-corrected chi connectivity index (χ4v) is 2.80. The Morgan fingerprint density at radius 2 is 1.75 bits per heavy atom. The van der Waals surface area contributed by atoms with Crippen LogP contribution in [0.2, 0.25) is 0 Å². The zero-order chi connectivity index (χ0) is 12.0. The average Bonchev–Trinajstić information content (AvgIpc) is 2.62. The van der Waals surface area contributed by atoms with Gasteiger partial charge in [0.05, 0.1) is 5.60 Å². The molecule has 0 radical (unpaired) electrons. The van der Waals surface area contributed by atoms with Crippen molar-refractivity contribution >= 4 is 21.4 Å². The number of thiophene rings is 1. The predicted molar refractivity (Wildman–Crippen MR) is 70.9 cm³/mol. The normalized spacial score (nSPS) is 16.3. The minimum absolute atomic E-state index is 0.175. The van der Waals surface area contributed by atoms with Crippen LogP contribution in [0.3, 0.4) is 0 Å². The topological polar surface area (TPSA) is 20.2 Å². The summed E-state index contributed by atoms with van der Waals surface area (Å²) in [5.74, 6) is 0. The van der Waals surface area contributed by atoms with Gasteiger partial charge < -0.3 is 5.11 Å². The van der Waals surface area contributed by atoms with Gasteiger partial charge in [-0.25, -0.2) is 0 Å². The van der Waals surface area contributed by atoms with Gasteiger partial charge in [0.25, 0.3) is 0 Å². The molecule has 1 aromatic carbocycles. The molecule has 1 N–H and O–H groups in total. The monoisotopic (exact) mass is 234 g/mol. The molecule has 0 aliphatic carbocycles. The van der Waals surface area contributed by atoms with E-state index >= 15 is 0 Å². The first-order valence-corrected chi connectivity index (χ1v) is 6.41. The van der Waals surface area contributed by atoms with E-state index in [2.05, 4.69) is 38.3 Å². The maximum atomic E-state index is 10.7. The van der Waals surface area contributed by atoms with Crippen LogP contribution < -0.4 is 0 Å². The minimum Gasteiger partial charge on any atom is -0.385 e. The van der Waals surface area contributed by atoms with E-state index in [0.29, 0.717) is 0 Å². The van der Waals surface area contributed by atoms with Crippen LogP contribution in [0.5, 0.6) is 0 Å². The van der Waals surface area contributed by atoms with Crippen LogP contribution in [0.15, 0.2) is 29.6 Å². The summed E-state index contributed by atoms with van der Waals surface area (Å²) in [6.45, 7) is 8.11. The van der Waals surface area contributed by atoms with Crippen molar-refractivity contribution in [2.45, 2.75) is 33.3 Å². The highest BCUT2D eigenvalue weighted by atomic mass is 32.1. The van der Waals surface area contributed by atoms with Crippen LogP contribution >= 0.6 is 11.3 Å². The number of aliphatic hydroxyl groups is 1. The Hall–Kier alpha value is -0.860. The first-order valence-electron chi connectivity index (χ1n) is 5.53. The number of rotatable bonds is 1. The Kier molecular flexibility index (Phi) is 2.59. The van der Waals surface area contributed by atoms with Crippen molar-refractivity contribution in [2.24, 2.45) is 5.41 Å². The van der Waals surface area contributed by atoms with Gasteiger partial charge in [-0.05, 0) is 29.2 Å². The molecule has 2 aromatic rings. The fourth-order valence-electron chi connectivity index (χ4n) is 1.78. The Balaban J connectivity index is 2.68. The van der Waals surface area contributed by atoms with Crippen LogP contribution in [0.4, 0.5) is 0 Å². The Labute approximate surface area is 101 Å². The number of fused-ring (bicyclic) bond motifs is 1. The zero-order valence-electron chi connectivity index (χ0n) is 10.2. The molecule has 1 atom stereocenters. The van der Waals surface area contributed by atoms with Gasteiger partial charge in [0.2, 0.25) is 0 Å². The van der Waals surface area contributed by atoms with Crippen LogP contribution in [-0.2, 0) is 5.60 Å². The molecule has 2 heteroatoms. The third-order valence-electron chi connectivity index (χ3n) is 3.46. The van der Waals surface area contributed by atoms with Crippen molar-refractivity contribution in [1.29, 1.82) is 0 Å². The third kappa shape index (κ3) is 1.66. The largest absolute Gasteiger partial charge is 0.385 e. The molecular weight excluding hydrogens is 216 g/mol. The van der Waals surface area contributed by atoms with Crippen LogP contribution in [0, 0.1) is 5.41 Å². The van der Waals surface area contributed by atoms with E-state index < -0.39 is 5.60 Å². The molecule has 1 unspecified atom stereocenters. The maximum absolute atomic E-state index is 10.7. The highest BCUT2D eigenvalue weighted by molar-refractivity contribution is 7.17. The van der Waals surface area contributed by atoms with Crippen molar-refractivity contribution in [2.75, 3.05) is 0 Å². The molecule has 0 saturated heterocycles. The Bertz CT molecular complexity index is 503. The molecule has 86 valence electrons. The summed E-state index contributed by atoms with van der Waals surface area (Å²) < 4.78 is 1.20. The van der Waals surface area contributed by atoms with E-state index in [9.17, 15) is 5.11 Å². The fraction of sp³-hybridized carbons (Fsp3) is 0.429. The zero-order valence-corrected chi connectivity index (χ0v) is 11.1. The van der Waals surface area contributed by atoms with Crippen molar-refractivity contribution in [3.05, 3.63) is 35.2 Å². The number of hydrogen-bond donors (Lipinski definition) is 1. The lowest BCUT2D eigenvalue weighted by atomic mass is 9.73. The standard InChI is InChI=1S/C14H18OS/c1-13(2,3)14(4,15)11-7-5-6-10-8-9-16-12(10)11/h5-9,15H,1-4H3. The van der Waals surface area contributed by atoms with Gasteiger partial charge in [-0.3, -0.25) is 0 Å². The highest BCUT2D eigenvalue weighted by Gasteiger charge is 2.38. The van der Waals surface area contributed by atoms with Crippen molar-refractivity contribution in [3.63, 3.8) is 0 Å². The molecule has 1 aromatic heterocycles. The first kappa shape index (κ1) is 11.6. The van der Waals surface area contributed by atoms with Gasteiger partial charge in [-0.2, -0.15) is 0 Å². The van der Waals surface area contributed by atoms with Gasteiger partial charge in [-0.1, -0.05) is 39.0 Å². The summed E-state index contributed by atoms with van der Waals surface area (Å²) in [5, 5.41) is 14.0. The van der Waals surface area contributed by atoms with E-state index in [0.717, 1.165) is 5.56 Å². The van der Waals surface area contributed by atoms with E-state index in [4.69, 9.17) is 0 Å². The minimum atomic E-state index is -0.808.